The number of pyridine rings is 1. The van der Waals surface area contributed by atoms with Gasteiger partial charge in [-0.1, -0.05) is 0 Å². The SMILES string of the molecule is Cc1ccc[nH+]c1C.[Cl-]. The first-order valence-corrected chi connectivity index (χ1v) is 2.74. The van der Waals surface area contributed by atoms with Crippen molar-refractivity contribution in [2.24, 2.45) is 0 Å². The molecule has 0 aliphatic rings. The van der Waals surface area contributed by atoms with Gasteiger partial charge in [0.15, 0.2) is 11.9 Å². The Kier molecular flexibility index (Phi) is 3.25. The Morgan fingerprint density at radius 3 is 2.33 bits per heavy atom. The van der Waals surface area contributed by atoms with E-state index in [1.807, 2.05) is 12.3 Å². The van der Waals surface area contributed by atoms with Crippen LogP contribution in [-0.4, -0.2) is 0 Å². The smallest absolute Gasteiger partial charge is 0.179 e. The molecule has 2 heteroatoms. The van der Waals surface area contributed by atoms with Gasteiger partial charge in [-0.25, -0.2) is 4.98 Å². The van der Waals surface area contributed by atoms with Crippen LogP contribution in [0.4, 0.5) is 0 Å². The molecule has 0 atom stereocenters. The zero-order valence-corrected chi connectivity index (χ0v) is 6.37. The number of hydrogen-bond donors (Lipinski definition) is 0. The molecule has 1 nitrogen and oxygen atoms in total. The summed E-state index contributed by atoms with van der Waals surface area (Å²) in [6.45, 7) is 4.15. The van der Waals surface area contributed by atoms with E-state index in [0.29, 0.717) is 0 Å². The largest absolute Gasteiger partial charge is 1.00 e. The fraction of sp³-hybridized carbons (Fsp3) is 0.286. The lowest BCUT2D eigenvalue weighted by molar-refractivity contribution is -0.388. The Morgan fingerprint density at radius 1 is 1.33 bits per heavy atom. The molecule has 0 fully saturated rings. The second-order valence-electron chi connectivity index (χ2n) is 1.98. The first-order chi connectivity index (χ1) is 3.80. The van der Waals surface area contributed by atoms with Crippen molar-refractivity contribution in [3.8, 4) is 0 Å². The number of rotatable bonds is 0. The number of hydrogen-bond acceptors (Lipinski definition) is 0. The van der Waals surface area contributed by atoms with Gasteiger partial charge in [0.25, 0.3) is 0 Å². The minimum absolute atomic E-state index is 0. The highest BCUT2D eigenvalue weighted by molar-refractivity contribution is 5.10. The topological polar surface area (TPSA) is 14.1 Å². The molecule has 1 aromatic heterocycles. The highest BCUT2D eigenvalue weighted by Gasteiger charge is 1.92. The zero-order valence-electron chi connectivity index (χ0n) is 5.61. The molecule has 0 aliphatic carbocycles. The number of aryl methyl sites for hydroxylation is 2. The van der Waals surface area contributed by atoms with Crippen LogP contribution in [0.25, 0.3) is 0 Å². The summed E-state index contributed by atoms with van der Waals surface area (Å²) in [4.78, 5) is 3.10. The molecular weight excluding hydrogens is 134 g/mol. The Hall–Kier alpha value is -0.560. The Bertz CT molecular complexity index is 165. The van der Waals surface area contributed by atoms with Gasteiger partial charge in [0.1, 0.15) is 0 Å². The predicted octanol–water partition coefficient (Wildman–Crippen LogP) is -1.88. The standard InChI is InChI=1S/C7H9N.ClH/c1-6-4-3-5-8-7(6)2;/h3-5H,1-2H3;1H. The van der Waals surface area contributed by atoms with E-state index in [0.717, 1.165) is 0 Å². The van der Waals surface area contributed by atoms with Crippen molar-refractivity contribution in [2.45, 2.75) is 13.8 Å². The van der Waals surface area contributed by atoms with Crippen LogP contribution in [0.5, 0.6) is 0 Å². The molecule has 1 heterocycles. The summed E-state index contributed by atoms with van der Waals surface area (Å²) in [6, 6.07) is 4.09. The Morgan fingerprint density at radius 2 is 2.00 bits per heavy atom. The van der Waals surface area contributed by atoms with Crippen LogP contribution < -0.4 is 17.4 Å². The van der Waals surface area contributed by atoms with E-state index >= 15 is 0 Å². The molecule has 9 heavy (non-hydrogen) atoms. The van der Waals surface area contributed by atoms with Gasteiger partial charge in [-0.05, 0) is 13.0 Å². The molecule has 0 amide bonds. The van der Waals surface area contributed by atoms with Crippen molar-refractivity contribution < 1.29 is 17.4 Å². The third kappa shape index (κ3) is 2.02. The molecule has 0 saturated carbocycles. The van der Waals surface area contributed by atoms with Gasteiger partial charge in [0, 0.05) is 18.6 Å². The van der Waals surface area contributed by atoms with Crippen LogP contribution in [0.3, 0.4) is 0 Å². The highest BCUT2D eigenvalue weighted by atomic mass is 35.5. The van der Waals surface area contributed by atoms with Crippen molar-refractivity contribution in [3.63, 3.8) is 0 Å². The Balaban J connectivity index is 0.000000640. The maximum Gasteiger partial charge on any atom is 0.179 e. The molecule has 50 valence electrons. The monoisotopic (exact) mass is 143 g/mol. The van der Waals surface area contributed by atoms with Gasteiger partial charge in [-0.2, -0.15) is 0 Å². The summed E-state index contributed by atoms with van der Waals surface area (Å²) < 4.78 is 0. The normalized spacial score (nSPS) is 8.22. The van der Waals surface area contributed by atoms with Gasteiger partial charge in [0.05, 0.1) is 0 Å². The molecule has 1 N–H and O–H groups in total. The summed E-state index contributed by atoms with van der Waals surface area (Å²) >= 11 is 0. The second kappa shape index (κ2) is 3.46. The van der Waals surface area contributed by atoms with Crippen LogP contribution in [0.15, 0.2) is 18.3 Å². The molecule has 0 bridgehead atoms. The van der Waals surface area contributed by atoms with E-state index in [1.54, 1.807) is 0 Å². The number of aromatic nitrogens is 1. The number of nitrogens with one attached hydrogen (secondary N) is 1. The van der Waals surface area contributed by atoms with Crippen molar-refractivity contribution >= 4 is 0 Å². The van der Waals surface area contributed by atoms with Crippen LogP contribution in [0.2, 0.25) is 0 Å². The maximum absolute atomic E-state index is 3.10. The van der Waals surface area contributed by atoms with Crippen LogP contribution >= 0.6 is 0 Å². The number of H-pyrrole nitrogens is 1. The quantitative estimate of drug-likeness (QED) is 0.404. The minimum atomic E-state index is 0. The zero-order chi connectivity index (χ0) is 5.98. The molecule has 0 unspecified atom stereocenters. The van der Waals surface area contributed by atoms with Crippen molar-refractivity contribution in [2.75, 3.05) is 0 Å². The van der Waals surface area contributed by atoms with Crippen LogP contribution in [0, 0.1) is 13.8 Å². The summed E-state index contributed by atoms with van der Waals surface area (Å²) in [6.07, 6.45) is 1.93. The summed E-state index contributed by atoms with van der Waals surface area (Å²) in [5.74, 6) is 0. The predicted molar refractivity (Wildman–Crippen MR) is 32.5 cm³/mol. The average Bonchev–Trinajstić information content (AvgIpc) is 1.77. The van der Waals surface area contributed by atoms with Gasteiger partial charge in [0.2, 0.25) is 0 Å². The van der Waals surface area contributed by atoms with Crippen molar-refractivity contribution in [1.29, 1.82) is 0 Å². The number of aromatic amines is 1. The highest BCUT2D eigenvalue weighted by Crippen LogP contribution is 1.94. The lowest BCUT2D eigenvalue weighted by Gasteiger charge is -1.85. The Labute approximate surface area is 61.5 Å². The average molecular weight is 144 g/mol. The van der Waals surface area contributed by atoms with E-state index in [1.165, 1.54) is 11.3 Å². The molecule has 1 aromatic rings. The summed E-state index contributed by atoms with van der Waals surface area (Å²) in [7, 11) is 0. The second-order valence-corrected chi connectivity index (χ2v) is 1.98. The lowest BCUT2D eigenvalue weighted by atomic mass is 10.2. The first kappa shape index (κ1) is 8.44. The van der Waals surface area contributed by atoms with E-state index in [2.05, 4.69) is 24.9 Å². The third-order valence-electron chi connectivity index (χ3n) is 1.33. The first-order valence-electron chi connectivity index (χ1n) is 2.74. The summed E-state index contributed by atoms with van der Waals surface area (Å²) in [5.41, 5.74) is 2.56. The van der Waals surface area contributed by atoms with Gasteiger partial charge < -0.3 is 12.4 Å². The maximum atomic E-state index is 3.10. The molecule has 0 aromatic carbocycles. The van der Waals surface area contributed by atoms with Gasteiger partial charge in [-0.15, -0.1) is 0 Å². The van der Waals surface area contributed by atoms with Gasteiger partial charge >= 0.3 is 0 Å². The molecule has 0 saturated heterocycles. The van der Waals surface area contributed by atoms with E-state index in [-0.39, 0.29) is 12.4 Å². The van der Waals surface area contributed by atoms with Crippen molar-refractivity contribution in [3.05, 3.63) is 29.6 Å². The number of halogens is 1. The molecule has 1 rings (SSSR count). The van der Waals surface area contributed by atoms with E-state index in [9.17, 15) is 0 Å². The van der Waals surface area contributed by atoms with Crippen molar-refractivity contribution in [1.82, 2.24) is 0 Å². The third-order valence-corrected chi connectivity index (χ3v) is 1.33. The minimum Gasteiger partial charge on any atom is -1.00 e. The van der Waals surface area contributed by atoms with Crippen LogP contribution in [-0.2, 0) is 0 Å². The van der Waals surface area contributed by atoms with E-state index in [4.69, 9.17) is 0 Å². The fourth-order valence-corrected chi connectivity index (χ4v) is 0.604. The molecule has 0 aliphatic heterocycles. The fourth-order valence-electron chi connectivity index (χ4n) is 0.604. The molecule has 0 spiro atoms. The molecular formula is C7H10ClN. The van der Waals surface area contributed by atoms with Crippen LogP contribution in [0.1, 0.15) is 11.3 Å². The molecule has 0 radical (unpaired) electrons. The lowest BCUT2D eigenvalue weighted by Crippen LogP contribution is -3.00. The van der Waals surface area contributed by atoms with E-state index < -0.39 is 0 Å². The van der Waals surface area contributed by atoms with Gasteiger partial charge in [-0.3, -0.25) is 0 Å². The summed E-state index contributed by atoms with van der Waals surface area (Å²) in [5, 5.41) is 0.